The highest BCUT2D eigenvalue weighted by molar-refractivity contribution is 7.91. The predicted molar refractivity (Wildman–Crippen MR) is 137 cm³/mol. The predicted octanol–water partition coefficient (Wildman–Crippen LogP) is 3.66. The van der Waals surface area contributed by atoms with E-state index in [1.807, 2.05) is 30.0 Å². The fraction of sp³-hybridized carbons (Fsp3) is 0.500. The number of ether oxygens (including phenoxy) is 2. The van der Waals surface area contributed by atoms with E-state index in [0.29, 0.717) is 64.9 Å². The number of carbonyl (C=O) groups is 1. The normalized spacial score (nSPS) is 20.1. The summed E-state index contributed by atoms with van der Waals surface area (Å²) in [7, 11) is 0.0263. The standard InChI is InChI=1S/C26H32N4O5S/c1-16-7-10-29(11-8-16)26(31)20-14-21(18-5-6-22(34-3)23(13-18)35-4)27-25-24(20)17(2)28-30(25)19-9-12-36(32,33)15-19/h5-6,13-14,16,19H,7-12,15H2,1-4H3. The lowest BCUT2D eigenvalue weighted by Crippen LogP contribution is -2.38. The first-order valence-corrected chi connectivity index (χ1v) is 14.1. The topological polar surface area (TPSA) is 104 Å². The Morgan fingerprint density at radius 2 is 1.78 bits per heavy atom. The molecule has 2 aliphatic heterocycles. The van der Waals surface area contributed by atoms with Crippen molar-refractivity contribution in [3.8, 4) is 22.8 Å². The minimum absolute atomic E-state index is 0.0266. The van der Waals surface area contributed by atoms with Gasteiger partial charge in [-0.15, -0.1) is 0 Å². The van der Waals surface area contributed by atoms with Gasteiger partial charge in [0.05, 0.1) is 54.1 Å². The van der Waals surface area contributed by atoms with Crippen LogP contribution in [-0.2, 0) is 9.84 Å². The number of piperidine rings is 1. The van der Waals surface area contributed by atoms with Crippen LogP contribution in [0.3, 0.4) is 0 Å². The molecule has 3 aromatic rings. The van der Waals surface area contributed by atoms with Crippen molar-refractivity contribution < 1.29 is 22.7 Å². The summed E-state index contributed by atoms with van der Waals surface area (Å²) >= 11 is 0. The van der Waals surface area contributed by atoms with Crippen LogP contribution in [0, 0.1) is 12.8 Å². The van der Waals surface area contributed by atoms with E-state index in [2.05, 4.69) is 6.92 Å². The molecule has 1 amide bonds. The summed E-state index contributed by atoms with van der Waals surface area (Å²) in [4.78, 5) is 20.7. The van der Waals surface area contributed by atoms with Crippen LogP contribution in [0.15, 0.2) is 24.3 Å². The highest BCUT2D eigenvalue weighted by atomic mass is 32.2. The first-order chi connectivity index (χ1) is 17.2. The van der Waals surface area contributed by atoms with Crippen molar-refractivity contribution in [3.63, 3.8) is 0 Å². The molecule has 5 rings (SSSR count). The van der Waals surface area contributed by atoms with Gasteiger partial charge < -0.3 is 14.4 Å². The van der Waals surface area contributed by atoms with Gasteiger partial charge in [-0.25, -0.2) is 18.1 Å². The zero-order chi connectivity index (χ0) is 25.6. The summed E-state index contributed by atoms with van der Waals surface area (Å²) in [5, 5.41) is 5.39. The number of pyridine rings is 1. The first kappa shape index (κ1) is 24.5. The number of methoxy groups -OCH3 is 2. The van der Waals surface area contributed by atoms with Gasteiger partial charge in [-0.05, 0) is 56.4 Å². The Labute approximate surface area is 211 Å². The number of carbonyl (C=O) groups excluding carboxylic acids is 1. The lowest BCUT2D eigenvalue weighted by atomic mass is 9.97. The molecular formula is C26H32N4O5S. The third-order valence-corrected chi connectivity index (χ3v) is 9.12. The molecule has 192 valence electrons. The maximum absolute atomic E-state index is 13.8. The Morgan fingerprint density at radius 1 is 1.06 bits per heavy atom. The Bertz CT molecular complexity index is 1420. The van der Waals surface area contributed by atoms with Crippen LogP contribution in [-0.4, -0.2) is 72.8 Å². The minimum atomic E-state index is -3.13. The number of hydrogen-bond acceptors (Lipinski definition) is 7. The lowest BCUT2D eigenvalue weighted by Gasteiger charge is -2.30. The van der Waals surface area contributed by atoms with Crippen LogP contribution < -0.4 is 9.47 Å². The molecule has 2 aromatic heterocycles. The van der Waals surface area contributed by atoms with Crippen LogP contribution in [0.25, 0.3) is 22.3 Å². The van der Waals surface area contributed by atoms with E-state index in [-0.39, 0.29) is 23.5 Å². The lowest BCUT2D eigenvalue weighted by molar-refractivity contribution is 0.0699. The second-order valence-corrected chi connectivity index (χ2v) is 12.1. The smallest absolute Gasteiger partial charge is 0.254 e. The molecule has 36 heavy (non-hydrogen) atoms. The maximum atomic E-state index is 13.8. The second-order valence-electron chi connectivity index (χ2n) is 9.88. The van der Waals surface area contributed by atoms with Gasteiger partial charge in [-0.1, -0.05) is 6.92 Å². The molecule has 9 nitrogen and oxygen atoms in total. The minimum Gasteiger partial charge on any atom is -0.493 e. The summed E-state index contributed by atoms with van der Waals surface area (Å²) in [6.07, 6.45) is 2.43. The van der Waals surface area contributed by atoms with Gasteiger partial charge in [0, 0.05) is 18.7 Å². The van der Waals surface area contributed by atoms with Gasteiger partial charge in [0.15, 0.2) is 27.0 Å². The number of likely N-dealkylation sites (tertiary alicyclic amines) is 1. The fourth-order valence-corrected chi connectivity index (χ4v) is 6.92. The molecule has 2 fully saturated rings. The summed E-state index contributed by atoms with van der Waals surface area (Å²) in [5.41, 5.74) is 3.12. The van der Waals surface area contributed by atoms with Crippen molar-refractivity contribution in [1.29, 1.82) is 0 Å². The number of amides is 1. The highest BCUT2D eigenvalue weighted by Crippen LogP contribution is 2.36. The monoisotopic (exact) mass is 512 g/mol. The molecule has 1 aromatic carbocycles. The van der Waals surface area contributed by atoms with Crippen LogP contribution in [0.1, 0.15) is 48.3 Å². The molecule has 0 bridgehead atoms. The van der Waals surface area contributed by atoms with E-state index in [9.17, 15) is 13.2 Å². The molecule has 0 N–H and O–H groups in total. The van der Waals surface area contributed by atoms with Gasteiger partial charge in [0.2, 0.25) is 0 Å². The van der Waals surface area contributed by atoms with Crippen LogP contribution in [0.5, 0.6) is 11.5 Å². The number of fused-ring (bicyclic) bond motifs is 1. The van der Waals surface area contributed by atoms with Gasteiger partial charge in [-0.2, -0.15) is 5.10 Å². The molecule has 0 aliphatic carbocycles. The van der Waals surface area contributed by atoms with Crippen LogP contribution in [0.2, 0.25) is 0 Å². The summed E-state index contributed by atoms with van der Waals surface area (Å²) in [6, 6.07) is 7.03. The summed E-state index contributed by atoms with van der Waals surface area (Å²) in [5.74, 6) is 1.86. The Kier molecular flexibility index (Phi) is 6.40. The van der Waals surface area contributed by atoms with Crippen molar-refractivity contribution in [2.75, 3.05) is 38.8 Å². The molecule has 0 radical (unpaired) electrons. The molecule has 2 aliphatic rings. The van der Waals surface area contributed by atoms with Crippen molar-refractivity contribution in [2.45, 2.75) is 39.2 Å². The molecule has 1 atom stereocenters. The second kappa shape index (κ2) is 9.38. The van der Waals surface area contributed by atoms with Gasteiger partial charge >= 0.3 is 0 Å². The SMILES string of the molecule is COc1ccc(-c2cc(C(=O)N3CCC(C)CC3)c3c(C)nn(C4CCS(=O)(=O)C4)c3n2)cc1OC. The van der Waals surface area contributed by atoms with E-state index in [4.69, 9.17) is 19.6 Å². The molecule has 2 saturated heterocycles. The molecular weight excluding hydrogens is 480 g/mol. The van der Waals surface area contributed by atoms with E-state index in [1.165, 1.54) is 0 Å². The molecule has 0 saturated carbocycles. The average Bonchev–Trinajstić information content (AvgIpc) is 3.41. The van der Waals surface area contributed by atoms with Crippen molar-refractivity contribution in [3.05, 3.63) is 35.5 Å². The number of aryl methyl sites for hydroxylation is 1. The largest absolute Gasteiger partial charge is 0.493 e. The summed E-state index contributed by atoms with van der Waals surface area (Å²) in [6.45, 7) is 5.49. The summed E-state index contributed by atoms with van der Waals surface area (Å²) < 4.78 is 37.1. The zero-order valence-electron chi connectivity index (χ0n) is 21.2. The Hall–Kier alpha value is -3.14. The molecule has 1 unspecified atom stereocenters. The number of aromatic nitrogens is 3. The highest BCUT2D eigenvalue weighted by Gasteiger charge is 2.33. The van der Waals surface area contributed by atoms with E-state index in [1.54, 1.807) is 25.0 Å². The van der Waals surface area contributed by atoms with E-state index >= 15 is 0 Å². The number of rotatable bonds is 5. The first-order valence-electron chi connectivity index (χ1n) is 12.3. The fourth-order valence-electron chi connectivity index (χ4n) is 5.23. The van der Waals surface area contributed by atoms with E-state index < -0.39 is 9.84 Å². The van der Waals surface area contributed by atoms with Crippen molar-refractivity contribution in [1.82, 2.24) is 19.7 Å². The van der Waals surface area contributed by atoms with Crippen LogP contribution >= 0.6 is 0 Å². The van der Waals surface area contributed by atoms with Crippen molar-refractivity contribution in [2.24, 2.45) is 5.92 Å². The van der Waals surface area contributed by atoms with Crippen molar-refractivity contribution >= 4 is 26.8 Å². The number of benzene rings is 1. The van der Waals surface area contributed by atoms with Crippen LogP contribution in [0.4, 0.5) is 0 Å². The average molecular weight is 513 g/mol. The quantitative estimate of drug-likeness (QED) is 0.514. The Morgan fingerprint density at radius 3 is 2.42 bits per heavy atom. The maximum Gasteiger partial charge on any atom is 0.254 e. The molecule has 10 heteroatoms. The number of sulfone groups is 1. The van der Waals surface area contributed by atoms with E-state index in [0.717, 1.165) is 18.4 Å². The van der Waals surface area contributed by atoms with Gasteiger partial charge in [-0.3, -0.25) is 4.79 Å². The molecule has 4 heterocycles. The van der Waals surface area contributed by atoms with Gasteiger partial charge in [0.25, 0.3) is 5.91 Å². The zero-order valence-corrected chi connectivity index (χ0v) is 22.0. The third kappa shape index (κ3) is 4.42. The Balaban J connectivity index is 1.69. The molecule has 0 spiro atoms. The van der Waals surface area contributed by atoms with Gasteiger partial charge in [0.1, 0.15) is 0 Å². The third-order valence-electron chi connectivity index (χ3n) is 7.37. The number of nitrogens with zero attached hydrogens (tertiary/aromatic N) is 4. The number of hydrogen-bond donors (Lipinski definition) is 0.